The summed E-state index contributed by atoms with van der Waals surface area (Å²) in [5, 5.41) is 6.74. The van der Waals surface area contributed by atoms with E-state index in [1.54, 1.807) is 20.4 Å². The summed E-state index contributed by atoms with van der Waals surface area (Å²) in [5.74, 6) is 2.15. The normalized spacial score (nSPS) is 11.1. The fourth-order valence-electron chi connectivity index (χ4n) is 3.61. The number of nitrogens with zero attached hydrogens (tertiary/aromatic N) is 1. The Kier molecular flexibility index (Phi) is 8.08. The van der Waals surface area contributed by atoms with Crippen molar-refractivity contribution in [3.05, 3.63) is 98.4 Å². The first-order chi connectivity index (χ1) is 16.6. The van der Waals surface area contributed by atoms with Crippen molar-refractivity contribution in [2.24, 2.45) is 5.10 Å². The summed E-state index contributed by atoms with van der Waals surface area (Å²) < 4.78 is 18.5. The predicted octanol–water partition coefficient (Wildman–Crippen LogP) is 7.08. The molecule has 0 radical (unpaired) electrons. The first kappa shape index (κ1) is 24.1. The maximum atomic E-state index is 6.16. The van der Waals surface area contributed by atoms with Gasteiger partial charge in [-0.05, 0) is 83.6 Å². The van der Waals surface area contributed by atoms with E-state index in [1.807, 2.05) is 42.5 Å². The van der Waals surface area contributed by atoms with Crippen molar-refractivity contribution in [3.63, 3.8) is 0 Å². The lowest BCUT2D eigenvalue weighted by atomic mass is 10.1. The molecule has 0 saturated carbocycles. The SMILES string of the molecule is COc1ccc(CN/N=C\c2cc(Br)c(OCc3cccc4ccccc34)c(Br)c2)cc1OC. The van der Waals surface area contributed by atoms with Crippen LogP contribution in [0.3, 0.4) is 0 Å². The van der Waals surface area contributed by atoms with Crippen LogP contribution >= 0.6 is 31.9 Å². The summed E-state index contributed by atoms with van der Waals surface area (Å²) >= 11 is 7.27. The molecular weight excluding hydrogens is 560 g/mol. The summed E-state index contributed by atoms with van der Waals surface area (Å²) in [6, 6.07) is 24.3. The van der Waals surface area contributed by atoms with Crippen LogP contribution < -0.4 is 19.6 Å². The first-order valence-electron chi connectivity index (χ1n) is 10.6. The maximum Gasteiger partial charge on any atom is 0.161 e. The van der Waals surface area contributed by atoms with Crippen molar-refractivity contribution in [2.75, 3.05) is 14.2 Å². The van der Waals surface area contributed by atoms with Gasteiger partial charge in [0.2, 0.25) is 0 Å². The third kappa shape index (κ3) is 5.72. The number of hydrogen-bond donors (Lipinski definition) is 1. The van der Waals surface area contributed by atoms with Crippen LogP contribution in [-0.2, 0) is 13.2 Å². The molecule has 0 heterocycles. The third-order valence-electron chi connectivity index (χ3n) is 5.31. The summed E-state index contributed by atoms with van der Waals surface area (Å²) in [6.45, 7) is 1.03. The number of benzene rings is 4. The lowest BCUT2D eigenvalue weighted by Gasteiger charge is -2.13. The minimum atomic E-state index is 0.471. The summed E-state index contributed by atoms with van der Waals surface area (Å²) in [4.78, 5) is 0. The molecule has 0 unspecified atom stereocenters. The van der Waals surface area contributed by atoms with Gasteiger partial charge in [-0.25, -0.2) is 0 Å². The van der Waals surface area contributed by atoms with Gasteiger partial charge in [-0.3, -0.25) is 0 Å². The molecule has 34 heavy (non-hydrogen) atoms. The number of fused-ring (bicyclic) bond motifs is 1. The van der Waals surface area contributed by atoms with Gasteiger partial charge in [0, 0.05) is 0 Å². The monoisotopic (exact) mass is 582 g/mol. The zero-order chi connectivity index (χ0) is 23.9. The Labute approximate surface area is 216 Å². The Morgan fingerprint density at radius 1 is 0.853 bits per heavy atom. The molecule has 0 spiro atoms. The number of rotatable bonds is 9. The second kappa shape index (κ2) is 11.4. The molecule has 0 atom stereocenters. The Balaban J connectivity index is 1.40. The third-order valence-corrected chi connectivity index (χ3v) is 6.49. The van der Waals surface area contributed by atoms with Gasteiger partial charge in [-0.15, -0.1) is 0 Å². The highest BCUT2D eigenvalue weighted by atomic mass is 79.9. The van der Waals surface area contributed by atoms with Crippen LogP contribution in [0.25, 0.3) is 10.8 Å². The molecule has 5 nitrogen and oxygen atoms in total. The number of methoxy groups -OCH3 is 2. The Bertz CT molecular complexity index is 1300. The molecule has 4 aromatic rings. The van der Waals surface area contributed by atoms with Gasteiger partial charge in [-0.2, -0.15) is 5.10 Å². The van der Waals surface area contributed by atoms with Gasteiger partial charge in [0.05, 0.1) is 35.9 Å². The molecular formula is C27H24Br2N2O3. The van der Waals surface area contributed by atoms with E-state index in [1.165, 1.54) is 10.8 Å². The number of hydrogen-bond acceptors (Lipinski definition) is 5. The maximum absolute atomic E-state index is 6.16. The minimum absolute atomic E-state index is 0.471. The quantitative estimate of drug-likeness (QED) is 0.169. The molecule has 0 fully saturated rings. The Hall–Kier alpha value is -3.03. The van der Waals surface area contributed by atoms with E-state index in [0.29, 0.717) is 24.7 Å². The summed E-state index contributed by atoms with van der Waals surface area (Å²) in [7, 11) is 3.24. The second-order valence-corrected chi connectivity index (χ2v) is 9.23. The molecule has 174 valence electrons. The number of hydrazone groups is 1. The molecule has 1 N–H and O–H groups in total. The second-order valence-electron chi connectivity index (χ2n) is 7.52. The van der Waals surface area contributed by atoms with E-state index >= 15 is 0 Å². The van der Waals surface area contributed by atoms with Crippen LogP contribution in [0.1, 0.15) is 16.7 Å². The molecule has 4 aromatic carbocycles. The largest absolute Gasteiger partial charge is 0.493 e. The van der Waals surface area contributed by atoms with E-state index in [0.717, 1.165) is 31.4 Å². The molecule has 0 aliphatic heterocycles. The van der Waals surface area contributed by atoms with Crippen LogP contribution in [0, 0.1) is 0 Å². The van der Waals surface area contributed by atoms with Crippen LogP contribution in [-0.4, -0.2) is 20.4 Å². The van der Waals surface area contributed by atoms with E-state index in [2.05, 4.69) is 72.7 Å². The number of ether oxygens (including phenoxy) is 3. The smallest absolute Gasteiger partial charge is 0.161 e. The highest BCUT2D eigenvalue weighted by Crippen LogP contribution is 2.35. The standard InChI is InChI=1S/C27H24Br2N2O3/c1-32-25-11-10-18(14-26(25)33-2)15-30-31-16-19-12-23(28)27(24(29)13-19)34-17-21-8-5-7-20-6-3-4-9-22(20)21/h3-14,16,30H,15,17H2,1-2H3/b31-16-. The molecule has 0 aliphatic rings. The summed E-state index contributed by atoms with van der Waals surface area (Å²) in [5.41, 5.74) is 6.17. The zero-order valence-electron chi connectivity index (χ0n) is 18.8. The molecule has 0 saturated heterocycles. The fraction of sp³-hybridized carbons (Fsp3) is 0.148. The Morgan fingerprint density at radius 2 is 1.59 bits per heavy atom. The van der Waals surface area contributed by atoms with Crippen molar-refractivity contribution in [2.45, 2.75) is 13.2 Å². The average molecular weight is 584 g/mol. The zero-order valence-corrected chi connectivity index (χ0v) is 22.0. The lowest BCUT2D eigenvalue weighted by molar-refractivity contribution is 0.303. The van der Waals surface area contributed by atoms with E-state index in [4.69, 9.17) is 14.2 Å². The highest BCUT2D eigenvalue weighted by Gasteiger charge is 2.10. The molecule has 0 bridgehead atoms. The van der Waals surface area contributed by atoms with Gasteiger partial charge >= 0.3 is 0 Å². The van der Waals surface area contributed by atoms with Crippen LogP contribution in [0.4, 0.5) is 0 Å². The average Bonchev–Trinajstić information content (AvgIpc) is 2.86. The van der Waals surface area contributed by atoms with E-state index in [9.17, 15) is 0 Å². The molecule has 0 aromatic heterocycles. The molecule has 7 heteroatoms. The van der Waals surface area contributed by atoms with E-state index < -0.39 is 0 Å². The fourth-order valence-corrected chi connectivity index (χ4v) is 5.06. The van der Waals surface area contributed by atoms with Gasteiger partial charge in [0.25, 0.3) is 0 Å². The van der Waals surface area contributed by atoms with Gasteiger partial charge in [-0.1, -0.05) is 48.5 Å². The van der Waals surface area contributed by atoms with Crippen molar-refractivity contribution in [1.29, 1.82) is 0 Å². The lowest BCUT2D eigenvalue weighted by Crippen LogP contribution is -2.06. The van der Waals surface area contributed by atoms with Crippen molar-refractivity contribution >= 4 is 48.8 Å². The molecule has 0 aliphatic carbocycles. The van der Waals surface area contributed by atoms with Crippen LogP contribution in [0.15, 0.2) is 86.8 Å². The number of halogens is 2. The molecule has 4 rings (SSSR count). The van der Waals surface area contributed by atoms with Crippen molar-refractivity contribution in [3.8, 4) is 17.2 Å². The van der Waals surface area contributed by atoms with Crippen LogP contribution in [0.5, 0.6) is 17.2 Å². The van der Waals surface area contributed by atoms with E-state index in [-0.39, 0.29) is 0 Å². The molecule has 0 amide bonds. The first-order valence-corrected chi connectivity index (χ1v) is 12.2. The Morgan fingerprint density at radius 3 is 2.35 bits per heavy atom. The highest BCUT2D eigenvalue weighted by molar-refractivity contribution is 9.11. The van der Waals surface area contributed by atoms with Crippen LogP contribution in [0.2, 0.25) is 0 Å². The predicted molar refractivity (Wildman–Crippen MR) is 144 cm³/mol. The van der Waals surface area contributed by atoms with Gasteiger partial charge < -0.3 is 19.6 Å². The topological polar surface area (TPSA) is 52.1 Å². The van der Waals surface area contributed by atoms with Gasteiger partial charge in [0.1, 0.15) is 12.4 Å². The number of nitrogens with one attached hydrogen (secondary N) is 1. The minimum Gasteiger partial charge on any atom is -0.493 e. The summed E-state index contributed by atoms with van der Waals surface area (Å²) in [6.07, 6.45) is 1.77. The van der Waals surface area contributed by atoms with Crippen molar-refractivity contribution in [1.82, 2.24) is 5.43 Å². The van der Waals surface area contributed by atoms with Gasteiger partial charge in [0.15, 0.2) is 11.5 Å². The van der Waals surface area contributed by atoms with Crippen molar-refractivity contribution < 1.29 is 14.2 Å².